The Morgan fingerprint density at radius 2 is 1.94 bits per heavy atom. The predicted octanol–water partition coefficient (Wildman–Crippen LogP) is 0.537. The third kappa shape index (κ3) is 3.46. The SMILES string of the molecule is CC(C(=O)N(C)C)N(C)C1CCCNCC1. The van der Waals surface area contributed by atoms with E-state index < -0.39 is 0 Å². The Labute approximate surface area is 99.0 Å². The van der Waals surface area contributed by atoms with Gasteiger partial charge in [0.1, 0.15) is 0 Å². The van der Waals surface area contributed by atoms with Crippen molar-refractivity contribution in [2.75, 3.05) is 34.2 Å². The van der Waals surface area contributed by atoms with Crippen LogP contribution in [0.2, 0.25) is 0 Å². The second-order valence-electron chi connectivity index (χ2n) is 4.91. The van der Waals surface area contributed by atoms with E-state index in [0.717, 1.165) is 19.5 Å². The van der Waals surface area contributed by atoms with E-state index in [4.69, 9.17) is 0 Å². The molecule has 1 aliphatic heterocycles. The second kappa shape index (κ2) is 6.21. The Bertz CT molecular complexity index is 222. The first-order valence-corrected chi connectivity index (χ1v) is 6.18. The fraction of sp³-hybridized carbons (Fsp3) is 0.917. The molecule has 1 N–H and O–H groups in total. The van der Waals surface area contributed by atoms with Gasteiger partial charge in [-0.15, -0.1) is 0 Å². The molecule has 1 rings (SSSR count). The topological polar surface area (TPSA) is 35.6 Å². The summed E-state index contributed by atoms with van der Waals surface area (Å²) in [6, 6.07) is 0.520. The van der Waals surface area contributed by atoms with Crippen LogP contribution >= 0.6 is 0 Å². The Morgan fingerprint density at radius 1 is 1.25 bits per heavy atom. The lowest BCUT2D eigenvalue weighted by Crippen LogP contribution is -2.47. The zero-order chi connectivity index (χ0) is 12.1. The van der Waals surface area contributed by atoms with Crippen molar-refractivity contribution in [1.29, 1.82) is 0 Å². The van der Waals surface area contributed by atoms with E-state index in [0.29, 0.717) is 6.04 Å². The lowest BCUT2D eigenvalue weighted by atomic mass is 10.1. The summed E-state index contributed by atoms with van der Waals surface area (Å²) >= 11 is 0. The van der Waals surface area contributed by atoms with Crippen molar-refractivity contribution in [2.45, 2.75) is 38.3 Å². The number of carbonyl (C=O) groups is 1. The minimum Gasteiger partial charge on any atom is -0.347 e. The minimum atomic E-state index is -0.0156. The first-order valence-electron chi connectivity index (χ1n) is 6.18. The molecule has 4 heteroatoms. The van der Waals surface area contributed by atoms with E-state index in [-0.39, 0.29) is 11.9 Å². The molecule has 1 aliphatic rings. The van der Waals surface area contributed by atoms with Crippen molar-refractivity contribution in [3.8, 4) is 0 Å². The number of carbonyl (C=O) groups excluding carboxylic acids is 1. The van der Waals surface area contributed by atoms with Crippen LogP contribution in [-0.4, -0.2) is 62.0 Å². The van der Waals surface area contributed by atoms with Crippen molar-refractivity contribution in [3.05, 3.63) is 0 Å². The van der Waals surface area contributed by atoms with Crippen molar-refractivity contribution in [3.63, 3.8) is 0 Å². The quantitative estimate of drug-likeness (QED) is 0.764. The molecule has 0 aromatic heterocycles. The van der Waals surface area contributed by atoms with Gasteiger partial charge in [-0.3, -0.25) is 9.69 Å². The van der Waals surface area contributed by atoms with Gasteiger partial charge in [0.05, 0.1) is 6.04 Å². The number of nitrogens with one attached hydrogen (secondary N) is 1. The molecule has 0 aliphatic carbocycles. The molecule has 2 unspecified atom stereocenters. The maximum atomic E-state index is 11.9. The van der Waals surface area contributed by atoms with E-state index in [9.17, 15) is 4.79 Å². The number of likely N-dealkylation sites (N-methyl/N-ethyl adjacent to an activating group) is 2. The third-order valence-corrected chi connectivity index (χ3v) is 3.53. The molecule has 94 valence electrons. The summed E-state index contributed by atoms with van der Waals surface area (Å²) in [5, 5.41) is 3.40. The maximum absolute atomic E-state index is 11.9. The summed E-state index contributed by atoms with van der Waals surface area (Å²) in [5.74, 6) is 0.194. The Kier molecular flexibility index (Phi) is 5.22. The van der Waals surface area contributed by atoms with E-state index in [1.807, 2.05) is 21.0 Å². The first kappa shape index (κ1) is 13.5. The van der Waals surface area contributed by atoms with Gasteiger partial charge < -0.3 is 10.2 Å². The Morgan fingerprint density at radius 3 is 2.56 bits per heavy atom. The van der Waals surface area contributed by atoms with E-state index in [2.05, 4.69) is 17.3 Å². The minimum absolute atomic E-state index is 0.0156. The molecule has 2 atom stereocenters. The van der Waals surface area contributed by atoms with Crippen molar-refractivity contribution < 1.29 is 4.79 Å². The highest BCUT2D eigenvalue weighted by atomic mass is 16.2. The van der Waals surface area contributed by atoms with Crippen molar-refractivity contribution in [1.82, 2.24) is 15.1 Å². The molecular formula is C12H25N3O. The van der Waals surface area contributed by atoms with Crippen LogP contribution in [0.25, 0.3) is 0 Å². The molecule has 1 amide bonds. The fourth-order valence-corrected chi connectivity index (χ4v) is 2.27. The van der Waals surface area contributed by atoms with Gasteiger partial charge in [0, 0.05) is 20.1 Å². The van der Waals surface area contributed by atoms with Gasteiger partial charge in [-0.05, 0) is 46.3 Å². The van der Waals surface area contributed by atoms with Gasteiger partial charge in [0.25, 0.3) is 0 Å². The summed E-state index contributed by atoms with van der Waals surface area (Å²) in [6.07, 6.45) is 3.54. The molecule has 0 saturated carbocycles. The van der Waals surface area contributed by atoms with Crippen LogP contribution in [0.4, 0.5) is 0 Å². The van der Waals surface area contributed by atoms with Crippen LogP contribution in [0, 0.1) is 0 Å². The molecule has 0 radical (unpaired) electrons. The zero-order valence-corrected chi connectivity index (χ0v) is 11.0. The summed E-state index contributed by atoms with van der Waals surface area (Å²) in [6.45, 7) is 4.18. The summed E-state index contributed by atoms with van der Waals surface area (Å²) in [4.78, 5) is 15.8. The monoisotopic (exact) mass is 227 g/mol. The van der Waals surface area contributed by atoms with Crippen molar-refractivity contribution >= 4 is 5.91 Å². The maximum Gasteiger partial charge on any atom is 0.239 e. The summed E-state index contributed by atoms with van der Waals surface area (Å²) in [5.41, 5.74) is 0. The van der Waals surface area contributed by atoms with Crippen LogP contribution < -0.4 is 5.32 Å². The smallest absolute Gasteiger partial charge is 0.239 e. The highest BCUT2D eigenvalue weighted by Crippen LogP contribution is 2.15. The average molecular weight is 227 g/mol. The standard InChI is InChI=1S/C12H25N3O/c1-10(12(16)14(2)3)15(4)11-6-5-8-13-9-7-11/h10-11,13H,5-9H2,1-4H3. The molecule has 16 heavy (non-hydrogen) atoms. The summed E-state index contributed by atoms with van der Waals surface area (Å²) < 4.78 is 0. The third-order valence-electron chi connectivity index (χ3n) is 3.53. The van der Waals surface area contributed by atoms with Gasteiger partial charge in [-0.2, -0.15) is 0 Å². The molecule has 0 bridgehead atoms. The molecule has 0 aromatic carbocycles. The van der Waals surface area contributed by atoms with E-state index in [1.165, 1.54) is 12.8 Å². The van der Waals surface area contributed by atoms with Gasteiger partial charge in [-0.1, -0.05) is 0 Å². The average Bonchev–Trinajstić information content (AvgIpc) is 2.54. The van der Waals surface area contributed by atoms with Gasteiger partial charge >= 0.3 is 0 Å². The second-order valence-corrected chi connectivity index (χ2v) is 4.91. The normalized spacial score (nSPS) is 23.9. The number of nitrogens with zero attached hydrogens (tertiary/aromatic N) is 2. The number of amides is 1. The first-order chi connectivity index (χ1) is 7.54. The molecule has 0 aromatic rings. The molecule has 1 fully saturated rings. The number of rotatable bonds is 3. The Hall–Kier alpha value is -0.610. The molecule has 0 spiro atoms. The molecule has 4 nitrogen and oxygen atoms in total. The number of hydrogen-bond acceptors (Lipinski definition) is 3. The lowest BCUT2D eigenvalue weighted by Gasteiger charge is -2.33. The van der Waals surface area contributed by atoms with Crippen LogP contribution in [0.5, 0.6) is 0 Å². The van der Waals surface area contributed by atoms with Crippen molar-refractivity contribution in [2.24, 2.45) is 0 Å². The van der Waals surface area contributed by atoms with Crippen LogP contribution in [0.3, 0.4) is 0 Å². The summed E-state index contributed by atoms with van der Waals surface area (Å²) in [7, 11) is 5.71. The van der Waals surface area contributed by atoms with E-state index in [1.54, 1.807) is 4.90 Å². The molecule has 1 saturated heterocycles. The van der Waals surface area contributed by atoms with Gasteiger partial charge in [-0.25, -0.2) is 0 Å². The van der Waals surface area contributed by atoms with Gasteiger partial charge in [0.2, 0.25) is 5.91 Å². The van der Waals surface area contributed by atoms with Crippen LogP contribution in [0.1, 0.15) is 26.2 Å². The predicted molar refractivity (Wildman–Crippen MR) is 66.4 cm³/mol. The number of hydrogen-bond donors (Lipinski definition) is 1. The van der Waals surface area contributed by atoms with Crippen LogP contribution in [0.15, 0.2) is 0 Å². The largest absolute Gasteiger partial charge is 0.347 e. The van der Waals surface area contributed by atoms with Crippen LogP contribution in [-0.2, 0) is 4.79 Å². The highest BCUT2D eigenvalue weighted by Gasteiger charge is 2.26. The lowest BCUT2D eigenvalue weighted by molar-refractivity contribution is -0.134. The zero-order valence-electron chi connectivity index (χ0n) is 11.0. The molecular weight excluding hydrogens is 202 g/mol. The molecule has 1 heterocycles. The highest BCUT2D eigenvalue weighted by molar-refractivity contribution is 5.80. The fourth-order valence-electron chi connectivity index (χ4n) is 2.27. The van der Waals surface area contributed by atoms with Gasteiger partial charge in [0.15, 0.2) is 0 Å². The Balaban J connectivity index is 2.54. The van der Waals surface area contributed by atoms with E-state index >= 15 is 0 Å².